The molecule has 0 bridgehead atoms. The maximum Gasteiger partial charge on any atom is 0.336 e. The van der Waals surface area contributed by atoms with Crippen LogP contribution in [0.3, 0.4) is 0 Å². The number of hydrogen-bond donors (Lipinski definition) is 0. The van der Waals surface area contributed by atoms with Crippen LogP contribution in [0.5, 0.6) is 11.5 Å². The van der Waals surface area contributed by atoms with Crippen molar-refractivity contribution in [2.45, 2.75) is 51.7 Å². The molecule has 0 amide bonds. The summed E-state index contributed by atoms with van der Waals surface area (Å²) in [5, 5.41) is 0.782. The molecule has 2 heterocycles. The van der Waals surface area contributed by atoms with Gasteiger partial charge in [0.05, 0.1) is 0 Å². The minimum atomic E-state index is -0.749. The van der Waals surface area contributed by atoms with E-state index in [2.05, 4.69) is 0 Å². The second-order valence-electron chi connectivity index (χ2n) is 8.38. The highest BCUT2D eigenvalue weighted by molar-refractivity contribution is 5.79. The minimum absolute atomic E-state index is 0.186. The second kappa shape index (κ2) is 8.49. The van der Waals surface area contributed by atoms with E-state index < -0.39 is 23.3 Å². The van der Waals surface area contributed by atoms with Crippen LogP contribution in [0, 0.1) is 0 Å². The van der Waals surface area contributed by atoms with Crippen molar-refractivity contribution in [3.05, 3.63) is 70.1 Å². The Balaban J connectivity index is 1.44. The van der Waals surface area contributed by atoms with Gasteiger partial charge in [-0.15, -0.1) is 0 Å². The molecule has 0 spiro atoms. The number of hydrogen-bond acceptors (Lipinski definition) is 7. The van der Waals surface area contributed by atoms with Crippen molar-refractivity contribution in [2.75, 3.05) is 0 Å². The zero-order chi connectivity index (χ0) is 22.9. The Hall–Kier alpha value is -3.61. The predicted octanol–water partition coefficient (Wildman–Crippen LogP) is 3.98. The Kier molecular flexibility index (Phi) is 5.74. The highest BCUT2D eigenvalue weighted by atomic mass is 16.6. The number of carbonyl (C=O) groups is 2. The summed E-state index contributed by atoms with van der Waals surface area (Å²) < 4.78 is 22.2. The number of fused-ring (bicyclic) bond motifs is 2. The van der Waals surface area contributed by atoms with Crippen LogP contribution in [-0.2, 0) is 27.2 Å². The molecule has 0 saturated carbocycles. The van der Waals surface area contributed by atoms with Gasteiger partial charge in [0.15, 0.2) is 0 Å². The van der Waals surface area contributed by atoms with E-state index in [0.29, 0.717) is 29.9 Å². The molecule has 0 N–H and O–H groups in total. The van der Waals surface area contributed by atoms with Crippen LogP contribution in [0.15, 0.2) is 57.7 Å². The van der Waals surface area contributed by atoms with Gasteiger partial charge in [0.1, 0.15) is 28.8 Å². The number of ether oxygens (including phenoxy) is 3. The van der Waals surface area contributed by atoms with Gasteiger partial charge in [0, 0.05) is 37.3 Å². The third-order valence-electron chi connectivity index (χ3n) is 5.41. The fourth-order valence-corrected chi connectivity index (χ4v) is 3.77. The van der Waals surface area contributed by atoms with Crippen LogP contribution in [0.25, 0.3) is 11.0 Å². The van der Waals surface area contributed by atoms with Crippen molar-refractivity contribution in [3.63, 3.8) is 0 Å². The first-order valence-electron chi connectivity index (χ1n) is 10.4. The van der Waals surface area contributed by atoms with Crippen molar-refractivity contribution in [1.29, 1.82) is 0 Å². The zero-order valence-electron chi connectivity index (χ0n) is 18.2. The highest BCUT2D eigenvalue weighted by Crippen LogP contribution is 2.37. The molecular formula is C25H24O7. The van der Waals surface area contributed by atoms with E-state index in [0.717, 1.165) is 16.5 Å². The first kappa shape index (κ1) is 21.6. The average molecular weight is 436 g/mol. The summed E-state index contributed by atoms with van der Waals surface area (Å²) in [5.74, 6) is 0.340. The molecule has 2 aromatic carbocycles. The normalized spacial score (nSPS) is 16.7. The van der Waals surface area contributed by atoms with Gasteiger partial charge in [-0.2, -0.15) is 0 Å². The lowest BCUT2D eigenvalue weighted by Crippen LogP contribution is -2.48. The number of carbonyl (C=O) groups excluding carboxylic acids is 2. The molecule has 3 aromatic rings. The van der Waals surface area contributed by atoms with E-state index in [9.17, 15) is 14.4 Å². The van der Waals surface area contributed by atoms with Gasteiger partial charge in [0.2, 0.25) is 0 Å². The van der Waals surface area contributed by atoms with Crippen molar-refractivity contribution in [1.82, 2.24) is 0 Å². The molecule has 0 unspecified atom stereocenters. The maximum atomic E-state index is 12.6. The lowest BCUT2D eigenvalue weighted by atomic mass is 9.90. The Labute approximate surface area is 184 Å². The minimum Gasteiger partial charge on any atom is -0.484 e. The molecule has 7 heteroatoms. The molecule has 7 nitrogen and oxygen atoms in total. The molecule has 1 aliphatic heterocycles. The van der Waals surface area contributed by atoms with Gasteiger partial charge in [-0.3, -0.25) is 9.59 Å². The van der Waals surface area contributed by atoms with E-state index in [-0.39, 0.29) is 12.4 Å². The van der Waals surface area contributed by atoms with Crippen molar-refractivity contribution < 1.29 is 28.2 Å². The first-order chi connectivity index (χ1) is 15.2. The number of rotatable bonds is 5. The molecule has 0 fully saturated rings. The fourth-order valence-electron chi connectivity index (χ4n) is 3.77. The van der Waals surface area contributed by atoms with Crippen LogP contribution < -0.4 is 15.1 Å². The molecule has 0 aliphatic carbocycles. The summed E-state index contributed by atoms with van der Waals surface area (Å²) in [6.45, 7) is 5.07. The second-order valence-corrected chi connectivity index (χ2v) is 8.38. The lowest BCUT2D eigenvalue weighted by molar-refractivity contribution is -0.161. The van der Waals surface area contributed by atoms with Crippen LogP contribution in [0.2, 0.25) is 0 Å². The third-order valence-corrected chi connectivity index (χ3v) is 5.41. The smallest absolute Gasteiger partial charge is 0.336 e. The summed E-state index contributed by atoms with van der Waals surface area (Å²) in [5.41, 5.74) is 1.05. The number of aryl methyl sites for hydroxylation is 1. The molecule has 32 heavy (non-hydrogen) atoms. The third kappa shape index (κ3) is 4.82. The van der Waals surface area contributed by atoms with Gasteiger partial charge >= 0.3 is 17.6 Å². The maximum absolute atomic E-state index is 12.6. The average Bonchev–Trinajstić information content (AvgIpc) is 2.71. The van der Waals surface area contributed by atoms with Crippen molar-refractivity contribution in [3.8, 4) is 11.5 Å². The zero-order valence-corrected chi connectivity index (χ0v) is 18.2. The van der Waals surface area contributed by atoms with Gasteiger partial charge < -0.3 is 18.6 Å². The molecule has 0 saturated heterocycles. The Morgan fingerprint density at radius 2 is 1.94 bits per heavy atom. The Bertz CT molecular complexity index is 1240. The fraction of sp³-hybridized carbons (Fsp3) is 0.320. The van der Waals surface area contributed by atoms with E-state index in [4.69, 9.17) is 18.6 Å². The highest BCUT2D eigenvalue weighted by Gasteiger charge is 2.40. The van der Waals surface area contributed by atoms with Crippen LogP contribution >= 0.6 is 0 Å². The van der Waals surface area contributed by atoms with Crippen LogP contribution in [0.4, 0.5) is 0 Å². The monoisotopic (exact) mass is 436 g/mol. The molecule has 1 aromatic heterocycles. The van der Waals surface area contributed by atoms with Crippen LogP contribution in [-0.4, -0.2) is 23.6 Å². The molecule has 4 rings (SSSR count). The molecule has 1 atom stereocenters. The topological polar surface area (TPSA) is 92.0 Å². The van der Waals surface area contributed by atoms with Gasteiger partial charge in [-0.05, 0) is 55.7 Å². The van der Waals surface area contributed by atoms with Gasteiger partial charge in [-0.25, -0.2) is 4.79 Å². The van der Waals surface area contributed by atoms with E-state index in [1.54, 1.807) is 30.3 Å². The summed E-state index contributed by atoms with van der Waals surface area (Å²) in [4.78, 5) is 35.2. The lowest BCUT2D eigenvalue weighted by Gasteiger charge is -2.39. The quantitative estimate of drug-likeness (QED) is 0.339. The summed E-state index contributed by atoms with van der Waals surface area (Å²) >= 11 is 0. The van der Waals surface area contributed by atoms with E-state index in [1.807, 2.05) is 26.0 Å². The van der Waals surface area contributed by atoms with Gasteiger partial charge in [-0.1, -0.05) is 12.1 Å². The first-order valence-corrected chi connectivity index (χ1v) is 10.4. The van der Waals surface area contributed by atoms with E-state index >= 15 is 0 Å². The Morgan fingerprint density at radius 3 is 2.72 bits per heavy atom. The van der Waals surface area contributed by atoms with E-state index in [1.165, 1.54) is 13.0 Å². The SMILES string of the molecule is CC(=O)Oc1cccc(CCC(=O)O[C@H]2Cc3cc4ccc(=O)oc4cc3OC2(C)C)c1. The van der Waals surface area contributed by atoms with Gasteiger partial charge in [0.25, 0.3) is 0 Å². The van der Waals surface area contributed by atoms with Crippen molar-refractivity contribution >= 4 is 22.9 Å². The summed E-state index contributed by atoms with van der Waals surface area (Å²) in [7, 11) is 0. The predicted molar refractivity (Wildman–Crippen MR) is 117 cm³/mol. The Morgan fingerprint density at radius 1 is 1.12 bits per heavy atom. The summed E-state index contributed by atoms with van der Waals surface area (Å²) in [6, 6.07) is 13.8. The molecular weight excluding hydrogens is 412 g/mol. The number of esters is 2. The summed E-state index contributed by atoms with van der Waals surface area (Å²) in [6.07, 6.45) is 0.669. The molecule has 166 valence electrons. The van der Waals surface area contributed by atoms with Crippen LogP contribution in [0.1, 0.15) is 38.3 Å². The molecule has 1 aliphatic rings. The number of benzene rings is 2. The van der Waals surface area contributed by atoms with Crippen molar-refractivity contribution in [2.24, 2.45) is 0 Å². The largest absolute Gasteiger partial charge is 0.484 e. The standard InChI is InChI=1S/C25H24O7/c1-15(26)29-19-6-4-5-16(11-19)7-9-24(28)31-22-13-18-12-17-8-10-23(27)30-20(17)14-21(18)32-25(22,2)3/h4-6,8,10-12,14,22H,7,9,13H2,1-3H3/t22-/m0/s1. The molecule has 0 radical (unpaired) electrons.